The molecule has 6 nitrogen and oxygen atoms in total. The van der Waals surface area contributed by atoms with Gasteiger partial charge in [-0.3, -0.25) is 9.80 Å². The molecule has 7 heteroatoms. The fraction of sp³-hybridized carbons (Fsp3) is 0.981. The van der Waals surface area contributed by atoms with Crippen molar-refractivity contribution < 1.29 is 19.8 Å². The maximum atomic E-state index is 11.9. The second-order valence-corrected chi connectivity index (χ2v) is 36.3. The molecular formula is C104H208CaN2O4. The van der Waals surface area contributed by atoms with Crippen molar-refractivity contribution in [3.05, 3.63) is 0 Å². The molecule has 0 saturated heterocycles. The summed E-state index contributed by atoms with van der Waals surface area (Å²) in [5, 5.41) is 23.7. The number of carboxylic acids is 2. The first-order chi connectivity index (χ1) is 54.3. The monoisotopic (exact) mass is 1590 g/mol. The Morgan fingerprint density at radius 2 is 0.243 bits per heavy atom. The number of carbonyl (C=O) groups is 2. The molecule has 660 valence electrons. The zero-order valence-electron chi connectivity index (χ0n) is 77.9. The molecule has 2 unspecified atom stereocenters. The Kier molecular flexibility index (Phi) is 108. The van der Waals surface area contributed by atoms with Crippen LogP contribution in [0.1, 0.15) is 619 Å². The summed E-state index contributed by atoms with van der Waals surface area (Å²) in [4.78, 5) is 28.2. The number of hydrogen-bond donors (Lipinski definition) is 0. The molecule has 0 aliphatic rings. The van der Waals surface area contributed by atoms with Gasteiger partial charge in [0.15, 0.2) is 0 Å². The summed E-state index contributed by atoms with van der Waals surface area (Å²) < 4.78 is 0. The zero-order valence-corrected chi connectivity index (χ0v) is 80.1. The summed E-state index contributed by atoms with van der Waals surface area (Å²) >= 11 is 0. The number of unbranched alkanes of at least 4 members (excludes halogenated alkanes) is 84. The van der Waals surface area contributed by atoms with E-state index in [1.165, 1.54) is 539 Å². The quantitative estimate of drug-likeness (QED) is 0.0445. The largest absolute Gasteiger partial charge is 2.00 e. The minimum Gasteiger partial charge on any atom is -0.548 e. The van der Waals surface area contributed by atoms with E-state index >= 15 is 0 Å². The van der Waals surface area contributed by atoms with Crippen LogP contribution in [0.15, 0.2) is 0 Å². The Hall–Kier alpha value is 0.120. The van der Waals surface area contributed by atoms with Crippen LogP contribution in [0.5, 0.6) is 0 Å². The van der Waals surface area contributed by atoms with E-state index in [4.69, 9.17) is 0 Å². The SMILES string of the molecule is CCCCCCCCCCCCCCCCCCCCCCCCN(CCCCCCCCCCCCCCCCCCCCCCCC)C(CC)C(=O)[O-].CCCCCCCCCCCCCCCCCCCCCCCCN(CCCCCCCCCCCCCCCCCCCCCCCC)C(CC)C(=O)[O-].[Ca+2]. The van der Waals surface area contributed by atoms with Gasteiger partial charge in [0.1, 0.15) is 0 Å². The van der Waals surface area contributed by atoms with E-state index < -0.39 is 24.0 Å². The first kappa shape index (κ1) is 115. The maximum absolute atomic E-state index is 11.9. The number of hydrogen-bond acceptors (Lipinski definition) is 6. The number of aliphatic carboxylic acids is 2. The summed E-state index contributed by atoms with van der Waals surface area (Å²) in [5.74, 6) is -1.75. The normalized spacial score (nSPS) is 12.2. The molecule has 0 spiro atoms. The number of carbonyl (C=O) groups excluding carboxylic acids is 2. The third-order valence-electron chi connectivity index (χ3n) is 25.4. The number of rotatable bonds is 98. The van der Waals surface area contributed by atoms with E-state index in [0.717, 1.165) is 51.9 Å². The van der Waals surface area contributed by atoms with Gasteiger partial charge in [-0.25, -0.2) is 0 Å². The van der Waals surface area contributed by atoms with Gasteiger partial charge in [-0.05, 0) is 64.7 Å². The van der Waals surface area contributed by atoms with Gasteiger partial charge in [-0.1, -0.05) is 581 Å². The van der Waals surface area contributed by atoms with Crippen LogP contribution >= 0.6 is 0 Å². The van der Waals surface area contributed by atoms with Crippen molar-refractivity contribution >= 4 is 49.7 Å². The first-order valence-electron chi connectivity index (χ1n) is 52.2. The Morgan fingerprint density at radius 1 is 0.162 bits per heavy atom. The van der Waals surface area contributed by atoms with Gasteiger partial charge in [0, 0.05) is 12.1 Å². The van der Waals surface area contributed by atoms with Crippen molar-refractivity contribution in [3.8, 4) is 0 Å². The van der Waals surface area contributed by atoms with Gasteiger partial charge < -0.3 is 19.8 Å². The van der Waals surface area contributed by atoms with Crippen LogP contribution < -0.4 is 10.2 Å². The van der Waals surface area contributed by atoms with Crippen LogP contribution in [-0.4, -0.2) is 97.7 Å². The third-order valence-corrected chi connectivity index (χ3v) is 25.4. The van der Waals surface area contributed by atoms with E-state index in [0.29, 0.717) is 12.8 Å². The summed E-state index contributed by atoms with van der Waals surface area (Å²) in [5.41, 5.74) is 0. The van der Waals surface area contributed by atoms with Crippen molar-refractivity contribution in [3.63, 3.8) is 0 Å². The van der Waals surface area contributed by atoms with Gasteiger partial charge in [-0.2, -0.15) is 0 Å². The molecule has 0 bridgehead atoms. The number of carboxylic acid groups (broad SMARTS) is 2. The minimum atomic E-state index is -0.875. The fourth-order valence-electron chi connectivity index (χ4n) is 17.7. The number of nitrogens with zero attached hydrogens (tertiary/aromatic N) is 2. The molecule has 0 aromatic carbocycles. The molecule has 0 aliphatic carbocycles. The van der Waals surface area contributed by atoms with Gasteiger partial charge in [0.25, 0.3) is 0 Å². The molecule has 0 aromatic rings. The molecule has 0 saturated carbocycles. The molecule has 111 heavy (non-hydrogen) atoms. The van der Waals surface area contributed by atoms with E-state index in [1.807, 2.05) is 13.8 Å². The molecule has 0 aromatic heterocycles. The second kappa shape index (κ2) is 104. The Balaban J connectivity index is -0.00000208. The fourth-order valence-corrected chi connectivity index (χ4v) is 17.7. The Labute approximate surface area is 731 Å². The van der Waals surface area contributed by atoms with Crippen LogP contribution in [0.4, 0.5) is 0 Å². The molecule has 0 aliphatic heterocycles. The van der Waals surface area contributed by atoms with E-state index in [-0.39, 0.29) is 37.7 Å². The summed E-state index contributed by atoms with van der Waals surface area (Å²) in [6.45, 7) is 16.9. The van der Waals surface area contributed by atoms with Crippen molar-refractivity contribution in [2.45, 2.75) is 632 Å². The zero-order chi connectivity index (χ0) is 79.9. The molecule has 0 rings (SSSR count). The smallest absolute Gasteiger partial charge is 0.548 e. The molecule has 0 radical (unpaired) electrons. The standard InChI is InChI=1S/2C52H105NO2.Ca/c2*1-4-7-9-11-13-15-17-19-21-23-25-27-29-31-33-35-37-39-41-43-45-47-49-53(51(6-3)52(54)55)50-48-46-44-42-40-38-36-34-32-30-28-26-24-22-20-18-16-14-12-10-8-5-2;/h2*51H,4-50H2,1-3H3,(H,54,55);/q;;+2/p-2. The van der Waals surface area contributed by atoms with Crippen molar-refractivity contribution in [2.24, 2.45) is 0 Å². The minimum absolute atomic E-state index is 0. The van der Waals surface area contributed by atoms with Gasteiger partial charge in [0.2, 0.25) is 0 Å². The van der Waals surface area contributed by atoms with Gasteiger partial charge in [-0.15, -0.1) is 0 Å². The topological polar surface area (TPSA) is 86.7 Å². The van der Waals surface area contributed by atoms with Crippen LogP contribution in [-0.2, 0) is 9.59 Å². The average Bonchev–Trinajstić information content (AvgIpc) is 0.912. The Bertz CT molecular complexity index is 1450. The van der Waals surface area contributed by atoms with Gasteiger partial charge >= 0.3 is 37.7 Å². The molecular weight excluding hydrogens is 1380 g/mol. The van der Waals surface area contributed by atoms with Crippen LogP contribution in [0.25, 0.3) is 0 Å². The molecule has 0 amide bonds. The summed E-state index contributed by atoms with van der Waals surface area (Å²) in [6.07, 6.45) is 125. The Morgan fingerprint density at radius 3 is 0.315 bits per heavy atom. The second-order valence-electron chi connectivity index (χ2n) is 36.3. The van der Waals surface area contributed by atoms with Gasteiger partial charge in [0.05, 0.1) is 11.9 Å². The van der Waals surface area contributed by atoms with Crippen LogP contribution in [0.3, 0.4) is 0 Å². The predicted molar refractivity (Wildman–Crippen MR) is 496 cm³/mol. The van der Waals surface area contributed by atoms with Crippen molar-refractivity contribution in [2.75, 3.05) is 26.2 Å². The maximum Gasteiger partial charge on any atom is 2.00 e. The van der Waals surface area contributed by atoms with Crippen LogP contribution in [0.2, 0.25) is 0 Å². The van der Waals surface area contributed by atoms with E-state index in [1.54, 1.807) is 0 Å². The van der Waals surface area contributed by atoms with Crippen LogP contribution in [0, 0.1) is 0 Å². The molecule has 0 N–H and O–H groups in total. The van der Waals surface area contributed by atoms with E-state index in [9.17, 15) is 19.8 Å². The summed E-state index contributed by atoms with van der Waals surface area (Å²) in [7, 11) is 0. The first-order valence-corrected chi connectivity index (χ1v) is 52.2. The van der Waals surface area contributed by atoms with Crippen molar-refractivity contribution in [1.82, 2.24) is 9.80 Å². The predicted octanol–water partition coefficient (Wildman–Crippen LogP) is 33.7. The third kappa shape index (κ3) is 95.5. The van der Waals surface area contributed by atoms with E-state index in [2.05, 4.69) is 37.5 Å². The van der Waals surface area contributed by atoms with Crippen molar-refractivity contribution in [1.29, 1.82) is 0 Å². The molecule has 2 atom stereocenters. The molecule has 0 heterocycles. The summed E-state index contributed by atoms with van der Waals surface area (Å²) in [6, 6.07) is -0.824. The average molecular weight is 1590 g/mol. The molecule has 0 fully saturated rings.